The van der Waals surface area contributed by atoms with Crippen LogP contribution in [-0.2, 0) is 0 Å². The summed E-state index contributed by atoms with van der Waals surface area (Å²) in [5, 5.41) is 13.8. The molecule has 0 aliphatic rings. The van der Waals surface area contributed by atoms with Crippen LogP contribution >= 0.6 is 0 Å². The zero-order valence-corrected chi connectivity index (χ0v) is 10.8. The van der Waals surface area contributed by atoms with Crippen molar-refractivity contribution in [3.05, 3.63) is 58.6 Å². The fourth-order valence-electron chi connectivity index (χ4n) is 1.68. The van der Waals surface area contributed by atoms with Crippen LogP contribution in [0, 0.1) is 10.1 Å². The number of anilines is 2. The van der Waals surface area contributed by atoms with Gasteiger partial charge in [0.1, 0.15) is 12.4 Å². The Morgan fingerprint density at radius 1 is 1.15 bits per heavy atom. The Bertz CT molecular complexity index is 584. The fraction of sp³-hybridized carbons (Fsp3) is 0.143. The second-order valence-electron chi connectivity index (χ2n) is 4.09. The van der Waals surface area contributed by atoms with Crippen molar-refractivity contribution < 1.29 is 9.66 Å². The van der Waals surface area contributed by atoms with Gasteiger partial charge in [-0.15, -0.1) is 0 Å². The molecule has 20 heavy (non-hydrogen) atoms. The largest absolute Gasteiger partial charge is 0.492 e. The van der Waals surface area contributed by atoms with Crippen molar-refractivity contribution in [2.75, 3.05) is 18.5 Å². The van der Waals surface area contributed by atoms with Crippen LogP contribution in [-0.4, -0.2) is 18.1 Å². The molecule has 0 bridgehead atoms. The molecular weight excluding hydrogens is 258 g/mol. The van der Waals surface area contributed by atoms with E-state index < -0.39 is 4.92 Å². The van der Waals surface area contributed by atoms with Crippen molar-refractivity contribution in [2.24, 2.45) is 5.73 Å². The van der Waals surface area contributed by atoms with Gasteiger partial charge in [-0.3, -0.25) is 10.1 Å². The van der Waals surface area contributed by atoms with Gasteiger partial charge in [0.05, 0.1) is 4.92 Å². The number of nitrogens with two attached hydrogens (primary N) is 1. The van der Waals surface area contributed by atoms with Gasteiger partial charge in [0.15, 0.2) is 0 Å². The highest BCUT2D eigenvalue weighted by atomic mass is 16.6. The van der Waals surface area contributed by atoms with Crippen molar-refractivity contribution in [1.29, 1.82) is 0 Å². The lowest BCUT2D eigenvalue weighted by Gasteiger charge is -2.08. The Labute approximate surface area is 116 Å². The molecule has 2 aromatic carbocycles. The van der Waals surface area contributed by atoms with E-state index in [4.69, 9.17) is 10.5 Å². The van der Waals surface area contributed by atoms with Gasteiger partial charge in [0.2, 0.25) is 0 Å². The monoisotopic (exact) mass is 273 g/mol. The molecule has 2 aromatic rings. The number of nitro benzene ring substituents is 1. The molecule has 6 nitrogen and oxygen atoms in total. The number of benzene rings is 2. The van der Waals surface area contributed by atoms with E-state index in [0.717, 1.165) is 11.4 Å². The van der Waals surface area contributed by atoms with Crippen LogP contribution in [0.5, 0.6) is 5.75 Å². The van der Waals surface area contributed by atoms with Crippen LogP contribution in [0.15, 0.2) is 48.5 Å². The van der Waals surface area contributed by atoms with Crippen LogP contribution < -0.4 is 15.8 Å². The number of nitrogens with zero attached hydrogens (tertiary/aromatic N) is 1. The van der Waals surface area contributed by atoms with Gasteiger partial charge < -0.3 is 15.8 Å². The van der Waals surface area contributed by atoms with Gasteiger partial charge in [-0.05, 0) is 30.3 Å². The van der Waals surface area contributed by atoms with Gasteiger partial charge in [0.25, 0.3) is 5.69 Å². The van der Waals surface area contributed by atoms with E-state index in [1.165, 1.54) is 12.1 Å². The van der Waals surface area contributed by atoms with Gasteiger partial charge in [-0.2, -0.15) is 0 Å². The van der Waals surface area contributed by atoms with Crippen molar-refractivity contribution >= 4 is 17.1 Å². The Balaban J connectivity index is 2.06. The van der Waals surface area contributed by atoms with E-state index in [0.29, 0.717) is 18.8 Å². The maximum Gasteiger partial charge on any atom is 0.271 e. The van der Waals surface area contributed by atoms with Crippen molar-refractivity contribution in [2.45, 2.75) is 0 Å². The minimum absolute atomic E-state index is 0.0536. The maximum absolute atomic E-state index is 10.7. The first-order chi connectivity index (χ1) is 9.69. The molecule has 6 heteroatoms. The number of rotatable bonds is 6. The topological polar surface area (TPSA) is 90.4 Å². The number of hydrogen-bond donors (Lipinski definition) is 2. The SMILES string of the molecule is NCCOc1ccc(Nc2cccc([N+](=O)[O-])c2)cc1. The normalized spacial score (nSPS) is 10.1. The zero-order chi connectivity index (χ0) is 14.4. The first-order valence-corrected chi connectivity index (χ1v) is 6.13. The molecule has 0 aliphatic carbocycles. The first kappa shape index (κ1) is 13.8. The zero-order valence-electron chi connectivity index (χ0n) is 10.8. The number of hydrogen-bond acceptors (Lipinski definition) is 5. The highest BCUT2D eigenvalue weighted by Gasteiger charge is 2.05. The van der Waals surface area contributed by atoms with E-state index in [1.807, 2.05) is 24.3 Å². The summed E-state index contributed by atoms with van der Waals surface area (Å²) in [5.74, 6) is 0.736. The summed E-state index contributed by atoms with van der Waals surface area (Å²) < 4.78 is 5.37. The van der Waals surface area contributed by atoms with Crippen LogP contribution in [0.2, 0.25) is 0 Å². The van der Waals surface area contributed by atoms with Gasteiger partial charge >= 0.3 is 0 Å². The quantitative estimate of drug-likeness (QED) is 0.623. The summed E-state index contributed by atoms with van der Waals surface area (Å²) >= 11 is 0. The van der Waals surface area contributed by atoms with Crippen molar-refractivity contribution in [3.63, 3.8) is 0 Å². The fourth-order valence-corrected chi connectivity index (χ4v) is 1.68. The smallest absolute Gasteiger partial charge is 0.271 e. The number of non-ortho nitro benzene ring substituents is 1. The molecular formula is C14H15N3O3. The third-order valence-corrected chi connectivity index (χ3v) is 2.59. The molecule has 0 unspecified atom stereocenters. The van der Waals surface area contributed by atoms with E-state index in [1.54, 1.807) is 12.1 Å². The van der Waals surface area contributed by atoms with Gasteiger partial charge in [-0.25, -0.2) is 0 Å². The van der Waals surface area contributed by atoms with E-state index >= 15 is 0 Å². The second-order valence-corrected chi connectivity index (χ2v) is 4.09. The summed E-state index contributed by atoms with van der Waals surface area (Å²) in [7, 11) is 0. The number of ether oxygens (including phenoxy) is 1. The molecule has 0 heterocycles. The predicted molar refractivity (Wildman–Crippen MR) is 77.4 cm³/mol. The number of nitrogens with one attached hydrogen (secondary N) is 1. The highest BCUT2D eigenvalue weighted by molar-refractivity contribution is 5.62. The lowest BCUT2D eigenvalue weighted by atomic mass is 10.2. The molecule has 104 valence electrons. The summed E-state index contributed by atoms with van der Waals surface area (Å²) in [4.78, 5) is 10.3. The third kappa shape index (κ3) is 3.69. The van der Waals surface area contributed by atoms with E-state index in [9.17, 15) is 10.1 Å². The molecule has 0 saturated carbocycles. The minimum atomic E-state index is -0.422. The summed E-state index contributed by atoms with van der Waals surface area (Å²) in [6, 6.07) is 13.7. The lowest BCUT2D eigenvalue weighted by molar-refractivity contribution is -0.384. The molecule has 0 spiro atoms. The molecule has 0 aliphatic heterocycles. The molecule has 0 atom stereocenters. The van der Waals surface area contributed by atoms with Crippen LogP contribution in [0.3, 0.4) is 0 Å². The third-order valence-electron chi connectivity index (χ3n) is 2.59. The predicted octanol–water partition coefficient (Wildman–Crippen LogP) is 2.68. The van der Waals surface area contributed by atoms with Crippen molar-refractivity contribution in [1.82, 2.24) is 0 Å². The van der Waals surface area contributed by atoms with Gasteiger partial charge in [-0.1, -0.05) is 6.07 Å². The summed E-state index contributed by atoms with van der Waals surface area (Å²) in [6.07, 6.45) is 0. The Kier molecular flexibility index (Phi) is 4.52. The molecule has 0 saturated heterocycles. The van der Waals surface area contributed by atoms with E-state index in [-0.39, 0.29) is 5.69 Å². The van der Waals surface area contributed by atoms with Crippen LogP contribution in [0.1, 0.15) is 0 Å². The van der Waals surface area contributed by atoms with E-state index in [2.05, 4.69) is 5.32 Å². The average molecular weight is 273 g/mol. The molecule has 0 amide bonds. The molecule has 0 aromatic heterocycles. The molecule has 2 rings (SSSR count). The standard InChI is InChI=1S/C14H15N3O3/c15-8-9-20-14-6-4-11(5-7-14)16-12-2-1-3-13(10-12)17(18)19/h1-7,10,16H,8-9,15H2. The maximum atomic E-state index is 10.7. The van der Waals surface area contributed by atoms with Crippen molar-refractivity contribution in [3.8, 4) is 5.75 Å². The van der Waals surface area contributed by atoms with Crippen LogP contribution in [0.4, 0.5) is 17.1 Å². The summed E-state index contributed by atoms with van der Waals surface area (Å²) in [5.41, 5.74) is 6.89. The lowest BCUT2D eigenvalue weighted by Crippen LogP contribution is -2.10. The summed E-state index contributed by atoms with van der Waals surface area (Å²) in [6.45, 7) is 0.936. The number of nitro groups is 1. The molecule has 0 fully saturated rings. The first-order valence-electron chi connectivity index (χ1n) is 6.13. The Morgan fingerprint density at radius 3 is 2.55 bits per heavy atom. The molecule has 3 N–H and O–H groups in total. The second kappa shape index (κ2) is 6.53. The average Bonchev–Trinajstić information content (AvgIpc) is 2.47. The highest BCUT2D eigenvalue weighted by Crippen LogP contribution is 2.23. The minimum Gasteiger partial charge on any atom is -0.492 e. The van der Waals surface area contributed by atoms with Gasteiger partial charge in [0, 0.05) is 30.1 Å². The Morgan fingerprint density at radius 2 is 1.90 bits per heavy atom. The Hall–Kier alpha value is -2.60. The molecule has 0 radical (unpaired) electrons. The van der Waals surface area contributed by atoms with Crippen LogP contribution in [0.25, 0.3) is 0 Å².